The van der Waals surface area contributed by atoms with Gasteiger partial charge in [0.1, 0.15) is 18.2 Å². The van der Waals surface area contributed by atoms with Crippen LogP contribution in [0.2, 0.25) is 5.02 Å². The predicted molar refractivity (Wildman–Crippen MR) is 55.8 cm³/mol. The molecule has 4 heteroatoms. The summed E-state index contributed by atoms with van der Waals surface area (Å²) in [4.78, 5) is 0. The molecule has 0 saturated heterocycles. The summed E-state index contributed by atoms with van der Waals surface area (Å²) in [6.45, 7) is 0.551. The largest absolute Gasteiger partial charge is 0.490 e. The van der Waals surface area contributed by atoms with Gasteiger partial charge < -0.3 is 10.1 Å². The highest BCUT2D eigenvalue weighted by Gasteiger charge is 2.32. The van der Waals surface area contributed by atoms with Crippen LogP contribution in [-0.2, 0) is 0 Å². The second-order valence-electron chi connectivity index (χ2n) is 4.11. The van der Waals surface area contributed by atoms with Gasteiger partial charge in [0.2, 0.25) is 0 Å². The topological polar surface area (TPSA) is 21.3 Å². The van der Waals surface area contributed by atoms with E-state index in [-0.39, 0.29) is 11.9 Å². The van der Waals surface area contributed by atoms with Gasteiger partial charge in [-0.05, 0) is 25.0 Å². The van der Waals surface area contributed by atoms with E-state index in [1.165, 1.54) is 25.0 Å². The maximum atomic E-state index is 13.2. The molecule has 1 atom stereocenters. The number of rotatable bonds is 2. The minimum atomic E-state index is -0.299. The second-order valence-corrected chi connectivity index (χ2v) is 4.52. The summed E-state index contributed by atoms with van der Waals surface area (Å²) >= 11 is 5.90. The number of halogens is 2. The minimum Gasteiger partial charge on any atom is -0.490 e. The fourth-order valence-corrected chi connectivity index (χ4v) is 2.19. The van der Waals surface area contributed by atoms with Crippen molar-refractivity contribution in [3.8, 4) is 5.75 Å². The van der Waals surface area contributed by atoms with Crippen LogP contribution in [0.4, 0.5) is 4.39 Å². The molecule has 0 radical (unpaired) electrons. The van der Waals surface area contributed by atoms with Crippen molar-refractivity contribution in [2.24, 2.45) is 0 Å². The van der Waals surface area contributed by atoms with E-state index in [2.05, 4.69) is 5.32 Å². The maximum Gasteiger partial charge on any atom is 0.143 e. The van der Waals surface area contributed by atoms with Gasteiger partial charge >= 0.3 is 0 Å². The molecule has 1 unspecified atom stereocenters. The van der Waals surface area contributed by atoms with E-state index in [0.29, 0.717) is 23.4 Å². The molecule has 1 N–H and O–H groups in total. The Kier molecular flexibility index (Phi) is 2.11. The van der Waals surface area contributed by atoms with Crippen LogP contribution < -0.4 is 10.1 Å². The highest BCUT2D eigenvalue weighted by molar-refractivity contribution is 6.32. The van der Waals surface area contributed by atoms with Gasteiger partial charge in [-0.3, -0.25) is 0 Å². The molecular weight excluding hydrogens is 217 g/mol. The fraction of sp³-hybridized carbons (Fsp3) is 0.455. The van der Waals surface area contributed by atoms with E-state index in [9.17, 15) is 4.39 Å². The van der Waals surface area contributed by atoms with Crippen LogP contribution >= 0.6 is 11.6 Å². The van der Waals surface area contributed by atoms with Crippen LogP contribution in [0.5, 0.6) is 5.75 Å². The average molecular weight is 228 g/mol. The molecule has 0 aromatic heterocycles. The van der Waals surface area contributed by atoms with Gasteiger partial charge in [-0.15, -0.1) is 0 Å². The monoisotopic (exact) mass is 227 g/mol. The van der Waals surface area contributed by atoms with E-state index in [4.69, 9.17) is 16.3 Å². The first kappa shape index (κ1) is 9.43. The van der Waals surface area contributed by atoms with Gasteiger partial charge in [-0.1, -0.05) is 11.6 Å². The van der Waals surface area contributed by atoms with Crippen molar-refractivity contribution < 1.29 is 9.13 Å². The molecule has 1 aromatic carbocycles. The molecule has 2 aliphatic rings. The molecule has 1 heterocycles. The van der Waals surface area contributed by atoms with E-state index in [0.717, 1.165) is 5.56 Å². The van der Waals surface area contributed by atoms with Crippen molar-refractivity contribution in [2.75, 3.05) is 6.61 Å². The van der Waals surface area contributed by atoms with Crippen LogP contribution in [0.15, 0.2) is 12.1 Å². The van der Waals surface area contributed by atoms with E-state index < -0.39 is 0 Å². The predicted octanol–water partition coefficient (Wildman–Crippen LogP) is 2.66. The Bertz CT molecular complexity index is 406. The molecule has 0 amide bonds. The Hall–Kier alpha value is -0.800. The molecule has 0 spiro atoms. The number of benzene rings is 1. The number of hydrogen-bond acceptors (Lipinski definition) is 2. The summed E-state index contributed by atoms with van der Waals surface area (Å²) in [5.74, 6) is 0.336. The number of hydrogen-bond donors (Lipinski definition) is 1. The zero-order chi connectivity index (χ0) is 10.4. The molecule has 1 aromatic rings. The van der Waals surface area contributed by atoms with Gasteiger partial charge in [0.05, 0.1) is 11.1 Å². The summed E-state index contributed by atoms with van der Waals surface area (Å²) in [5.41, 5.74) is 0.854. The molecule has 15 heavy (non-hydrogen) atoms. The third-order valence-corrected chi connectivity index (χ3v) is 3.10. The fourth-order valence-electron chi connectivity index (χ4n) is 1.92. The summed E-state index contributed by atoms with van der Waals surface area (Å²) in [7, 11) is 0. The number of ether oxygens (including phenoxy) is 1. The summed E-state index contributed by atoms with van der Waals surface area (Å²) in [5, 5.41) is 3.78. The van der Waals surface area contributed by atoms with E-state index >= 15 is 0 Å². The van der Waals surface area contributed by atoms with Crippen LogP contribution in [0.3, 0.4) is 0 Å². The molecule has 2 nitrogen and oxygen atoms in total. The van der Waals surface area contributed by atoms with Crippen LogP contribution in [0.1, 0.15) is 24.4 Å². The molecule has 3 rings (SSSR count). The Morgan fingerprint density at radius 1 is 1.40 bits per heavy atom. The van der Waals surface area contributed by atoms with Gasteiger partial charge in [-0.2, -0.15) is 0 Å². The molecule has 0 bridgehead atoms. The quantitative estimate of drug-likeness (QED) is 0.839. The Balaban J connectivity index is 1.93. The lowest BCUT2D eigenvalue weighted by Crippen LogP contribution is -2.24. The third-order valence-electron chi connectivity index (χ3n) is 2.82. The number of nitrogens with one attached hydrogen (secondary N) is 1. The smallest absolute Gasteiger partial charge is 0.143 e. The molecule has 1 aliphatic heterocycles. The van der Waals surface area contributed by atoms with Crippen molar-refractivity contribution in [1.82, 2.24) is 5.32 Å². The maximum absolute atomic E-state index is 13.2. The minimum absolute atomic E-state index is 0.0979. The highest BCUT2D eigenvalue weighted by atomic mass is 35.5. The lowest BCUT2D eigenvalue weighted by Gasteiger charge is -2.10. The van der Waals surface area contributed by atoms with Crippen molar-refractivity contribution in [3.05, 3.63) is 28.5 Å². The molecule has 1 aliphatic carbocycles. The molecule has 1 fully saturated rings. The average Bonchev–Trinajstić information content (AvgIpc) is 2.89. The highest BCUT2D eigenvalue weighted by Crippen LogP contribution is 2.40. The Labute approximate surface area is 92.4 Å². The first-order chi connectivity index (χ1) is 7.24. The number of fused-ring (bicyclic) bond motifs is 1. The standard InChI is InChI=1S/C11H11ClFNO/c12-9-4-6(13)3-8-10(5-15-11(8)9)14-7-1-2-7/h3-4,7,10,14H,1-2,5H2. The second kappa shape index (κ2) is 3.35. The first-order valence-electron chi connectivity index (χ1n) is 5.12. The summed E-state index contributed by atoms with van der Waals surface area (Å²) < 4.78 is 18.6. The zero-order valence-corrected chi connectivity index (χ0v) is 8.85. The Morgan fingerprint density at radius 3 is 2.93 bits per heavy atom. The lowest BCUT2D eigenvalue weighted by molar-refractivity contribution is 0.310. The van der Waals surface area contributed by atoms with E-state index in [1.54, 1.807) is 0 Å². The molecular formula is C11H11ClFNO. The van der Waals surface area contributed by atoms with Gasteiger partial charge in [-0.25, -0.2) is 4.39 Å². The molecule has 80 valence electrons. The van der Waals surface area contributed by atoms with Crippen molar-refractivity contribution >= 4 is 11.6 Å². The summed E-state index contributed by atoms with van der Waals surface area (Å²) in [6, 6.07) is 3.47. The Morgan fingerprint density at radius 2 is 2.20 bits per heavy atom. The van der Waals surface area contributed by atoms with Crippen molar-refractivity contribution in [1.29, 1.82) is 0 Å². The van der Waals surface area contributed by atoms with Crippen molar-refractivity contribution in [2.45, 2.75) is 24.9 Å². The van der Waals surface area contributed by atoms with Gasteiger partial charge in [0, 0.05) is 11.6 Å². The third kappa shape index (κ3) is 1.70. The van der Waals surface area contributed by atoms with Gasteiger partial charge in [0.15, 0.2) is 0 Å². The van der Waals surface area contributed by atoms with Crippen LogP contribution in [-0.4, -0.2) is 12.6 Å². The van der Waals surface area contributed by atoms with Gasteiger partial charge in [0.25, 0.3) is 0 Å². The summed E-state index contributed by atoms with van der Waals surface area (Å²) in [6.07, 6.45) is 2.41. The zero-order valence-electron chi connectivity index (χ0n) is 8.09. The normalized spacial score (nSPS) is 23.7. The molecule has 1 saturated carbocycles. The first-order valence-corrected chi connectivity index (χ1v) is 5.49. The van der Waals surface area contributed by atoms with E-state index in [1.807, 2.05) is 0 Å². The van der Waals surface area contributed by atoms with Crippen LogP contribution in [0, 0.1) is 5.82 Å². The SMILES string of the molecule is Fc1cc(Cl)c2c(c1)C(NC1CC1)CO2. The van der Waals surface area contributed by atoms with Crippen molar-refractivity contribution in [3.63, 3.8) is 0 Å². The van der Waals surface area contributed by atoms with Crippen LogP contribution in [0.25, 0.3) is 0 Å². The lowest BCUT2D eigenvalue weighted by atomic mass is 10.1.